The Bertz CT molecular complexity index is 992. The Kier molecular flexibility index (Phi) is 5.40. The number of carbonyl (C=O) groups excluding carboxylic acids is 2. The maximum absolute atomic E-state index is 13.1. The minimum atomic E-state index is -0.449. The molecule has 1 atom stereocenters. The normalized spacial score (nSPS) is 20.3. The molecule has 7 heteroatoms. The van der Waals surface area contributed by atoms with Crippen molar-refractivity contribution in [3.8, 4) is 17.2 Å². The molecule has 0 aromatic heterocycles. The van der Waals surface area contributed by atoms with Crippen molar-refractivity contribution in [2.45, 2.75) is 25.4 Å². The Morgan fingerprint density at radius 2 is 1.61 bits per heavy atom. The molecule has 5 rings (SSSR count). The second-order valence-electron chi connectivity index (χ2n) is 8.08. The van der Waals surface area contributed by atoms with Crippen molar-refractivity contribution in [1.82, 2.24) is 9.80 Å². The summed E-state index contributed by atoms with van der Waals surface area (Å²) < 4.78 is 17.1. The van der Waals surface area contributed by atoms with Crippen LogP contribution in [0.4, 0.5) is 0 Å². The topological polar surface area (TPSA) is 68.3 Å². The lowest BCUT2D eigenvalue weighted by atomic mass is 10.0. The molecule has 2 amide bonds. The summed E-state index contributed by atoms with van der Waals surface area (Å²) in [6, 6.07) is 13.2. The van der Waals surface area contributed by atoms with Crippen molar-refractivity contribution in [3.05, 3.63) is 53.6 Å². The Balaban J connectivity index is 1.22. The second kappa shape index (κ2) is 8.49. The Labute approximate surface area is 181 Å². The van der Waals surface area contributed by atoms with Gasteiger partial charge in [-0.2, -0.15) is 0 Å². The van der Waals surface area contributed by atoms with Crippen LogP contribution in [0.15, 0.2) is 42.5 Å². The molecule has 3 aliphatic rings. The molecule has 0 saturated carbocycles. The van der Waals surface area contributed by atoms with Crippen molar-refractivity contribution in [1.29, 1.82) is 0 Å². The van der Waals surface area contributed by atoms with Crippen LogP contribution >= 0.6 is 0 Å². The summed E-state index contributed by atoms with van der Waals surface area (Å²) in [5.41, 5.74) is 1.73. The Morgan fingerprint density at radius 1 is 0.839 bits per heavy atom. The fourth-order valence-electron chi connectivity index (χ4n) is 4.40. The first kappa shape index (κ1) is 19.7. The molecule has 31 heavy (non-hydrogen) atoms. The third-order valence-corrected chi connectivity index (χ3v) is 6.08. The first-order valence-electron chi connectivity index (χ1n) is 10.9. The zero-order chi connectivity index (χ0) is 21.2. The van der Waals surface area contributed by atoms with Crippen molar-refractivity contribution in [2.75, 3.05) is 39.4 Å². The first-order valence-corrected chi connectivity index (χ1v) is 10.9. The summed E-state index contributed by atoms with van der Waals surface area (Å²) in [7, 11) is 0. The third kappa shape index (κ3) is 4.04. The molecular weight excluding hydrogens is 396 g/mol. The molecule has 0 radical (unpaired) electrons. The highest BCUT2D eigenvalue weighted by molar-refractivity contribution is 5.95. The van der Waals surface area contributed by atoms with Crippen LogP contribution in [0.25, 0.3) is 0 Å². The highest BCUT2D eigenvalue weighted by Crippen LogP contribution is 2.31. The summed E-state index contributed by atoms with van der Waals surface area (Å²) in [5.74, 6) is 2.05. The number of carbonyl (C=O) groups is 2. The molecule has 0 bridgehead atoms. The maximum Gasteiger partial charge on any atom is 0.263 e. The van der Waals surface area contributed by atoms with E-state index in [1.54, 1.807) is 18.2 Å². The number of amides is 2. The van der Waals surface area contributed by atoms with Gasteiger partial charge in [0.2, 0.25) is 0 Å². The number of ether oxygens (including phenoxy) is 3. The number of nitrogens with zero attached hydrogens (tertiary/aromatic N) is 2. The van der Waals surface area contributed by atoms with Gasteiger partial charge in [-0.25, -0.2) is 0 Å². The fraction of sp³-hybridized carbons (Fsp3) is 0.417. The van der Waals surface area contributed by atoms with Crippen molar-refractivity contribution >= 4 is 11.8 Å². The standard InChI is InChI=1S/C24H26N2O5/c27-23(18-7-8-20-22(16-18)30-15-14-29-20)25-10-3-11-26(13-12-25)24(28)21-9-6-17-4-1-2-5-19(17)31-21/h1-2,4-5,7-8,16,21H,3,6,9-15H2. The lowest BCUT2D eigenvalue weighted by molar-refractivity contribution is -0.139. The van der Waals surface area contributed by atoms with E-state index in [1.807, 2.05) is 34.1 Å². The second-order valence-corrected chi connectivity index (χ2v) is 8.08. The van der Waals surface area contributed by atoms with Crippen LogP contribution in [0.1, 0.15) is 28.8 Å². The van der Waals surface area contributed by atoms with Crippen LogP contribution in [-0.2, 0) is 11.2 Å². The lowest BCUT2D eigenvalue weighted by Crippen LogP contribution is -2.45. The largest absolute Gasteiger partial charge is 0.486 e. The summed E-state index contributed by atoms with van der Waals surface area (Å²) in [6.07, 6.45) is 1.82. The van der Waals surface area contributed by atoms with E-state index in [9.17, 15) is 9.59 Å². The minimum Gasteiger partial charge on any atom is -0.486 e. The van der Waals surface area contributed by atoms with E-state index in [0.29, 0.717) is 62.9 Å². The van der Waals surface area contributed by atoms with E-state index in [-0.39, 0.29) is 11.8 Å². The molecule has 1 unspecified atom stereocenters. The van der Waals surface area contributed by atoms with Crippen LogP contribution in [0.3, 0.4) is 0 Å². The quantitative estimate of drug-likeness (QED) is 0.744. The smallest absolute Gasteiger partial charge is 0.263 e. The molecule has 0 spiro atoms. The number of benzene rings is 2. The minimum absolute atomic E-state index is 0.0168. The van der Waals surface area contributed by atoms with Gasteiger partial charge in [-0.3, -0.25) is 9.59 Å². The van der Waals surface area contributed by atoms with E-state index in [2.05, 4.69) is 0 Å². The van der Waals surface area contributed by atoms with Gasteiger partial charge >= 0.3 is 0 Å². The molecule has 2 aromatic carbocycles. The van der Waals surface area contributed by atoms with Gasteiger partial charge in [0.1, 0.15) is 19.0 Å². The van der Waals surface area contributed by atoms with Crippen molar-refractivity contribution < 1.29 is 23.8 Å². The van der Waals surface area contributed by atoms with E-state index >= 15 is 0 Å². The summed E-state index contributed by atoms with van der Waals surface area (Å²) in [4.78, 5) is 29.8. The molecule has 1 fully saturated rings. The lowest BCUT2D eigenvalue weighted by Gasteiger charge is -2.30. The monoisotopic (exact) mass is 422 g/mol. The zero-order valence-corrected chi connectivity index (χ0v) is 17.4. The summed E-state index contributed by atoms with van der Waals surface area (Å²) in [6.45, 7) is 3.27. The number of hydrogen-bond donors (Lipinski definition) is 0. The van der Waals surface area contributed by atoms with E-state index in [4.69, 9.17) is 14.2 Å². The van der Waals surface area contributed by atoms with E-state index < -0.39 is 6.10 Å². The fourth-order valence-corrected chi connectivity index (χ4v) is 4.40. The highest BCUT2D eigenvalue weighted by Gasteiger charge is 2.31. The maximum atomic E-state index is 13.1. The SMILES string of the molecule is O=C(c1ccc2c(c1)OCCO2)N1CCCN(C(=O)C2CCc3ccccc3O2)CC1. The van der Waals surface area contributed by atoms with Gasteiger partial charge in [-0.15, -0.1) is 0 Å². The van der Waals surface area contributed by atoms with Gasteiger partial charge in [-0.05, 0) is 49.1 Å². The van der Waals surface area contributed by atoms with Gasteiger partial charge in [0.05, 0.1) is 0 Å². The molecule has 0 aliphatic carbocycles. The Hall–Kier alpha value is -3.22. The number of para-hydroxylation sites is 1. The van der Waals surface area contributed by atoms with Crippen LogP contribution in [-0.4, -0.2) is 67.1 Å². The van der Waals surface area contributed by atoms with Crippen LogP contribution in [0, 0.1) is 0 Å². The van der Waals surface area contributed by atoms with Crippen LogP contribution in [0.2, 0.25) is 0 Å². The third-order valence-electron chi connectivity index (χ3n) is 6.08. The average molecular weight is 422 g/mol. The molecule has 3 aliphatic heterocycles. The van der Waals surface area contributed by atoms with Gasteiger partial charge in [-0.1, -0.05) is 18.2 Å². The van der Waals surface area contributed by atoms with Gasteiger partial charge in [0.25, 0.3) is 11.8 Å². The Morgan fingerprint density at radius 3 is 2.52 bits per heavy atom. The molecule has 162 valence electrons. The van der Waals surface area contributed by atoms with Crippen molar-refractivity contribution in [2.24, 2.45) is 0 Å². The predicted octanol–water partition coefficient (Wildman–Crippen LogP) is 2.53. The van der Waals surface area contributed by atoms with E-state index in [1.165, 1.54) is 0 Å². The predicted molar refractivity (Wildman–Crippen MR) is 114 cm³/mol. The van der Waals surface area contributed by atoms with Gasteiger partial charge < -0.3 is 24.0 Å². The van der Waals surface area contributed by atoms with Crippen LogP contribution < -0.4 is 14.2 Å². The van der Waals surface area contributed by atoms with Crippen molar-refractivity contribution in [3.63, 3.8) is 0 Å². The summed E-state index contributed by atoms with van der Waals surface area (Å²) in [5, 5.41) is 0. The van der Waals surface area contributed by atoms with E-state index in [0.717, 1.165) is 24.2 Å². The first-order chi connectivity index (χ1) is 15.2. The summed E-state index contributed by atoms with van der Waals surface area (Å²) >= 11 is 0. The molecule has 2 aromatic rings. The molecule has 3 heterocycles. The highest BCUT2D eigenvalue weighted by atomic mass is 16.6. The molecule has 1 saturated heterocycles. The number of fused-ring (bicyclic) bond motifs is 2. The molecule has 7 nitrogen and oxygen atoms in total. The molecular formula is C24H26N2O5. The number of aryl methyl sites for hydroxylation is 1. The number of rotatable bonds is 2. The zero-order valence-electron chi connectivity index (χ0n) is 17.4. The average Bonchev–Trinajstić information content (AvgIpc) is 3.09. The number of hydrogen-bond acceptors (Lipinski definition) is 5. The van der Waals surface area contributed by atoms with Crippen LogP contribution in [0.5, 0.6) is 17.2 Å². The molecule has 0 N–H and O–H groups in total. The van der Waals surface area contributed by atoms with Gasteiger partial charge in [0, 0.05) is 31.7 Å². The van der Waals surface area contributed by atoms with Gasteiger partial charge in [0.15, 0.2) is 17.6 Å².